The molecule has 0 unspecified atom stereocenters. The van der Waals surface area contributed by atoms with Crippen molar-refractivity contribution in [2.24, 2.45) is 0 Å². The Morgan fingerprint density at radius 1 is 1.18 bits per heavy atom. The van der Waals surface area contributed by atoms with E-state index in [1.54, 1.807) is 18.2 Å². The predicted octanol–water partition coefficient (Wildman–Crippen LogP) is 3.57. The molecule has 2 aromatic carbocycles. The number of carbonyl (C=O) groups excluding carboxylic acids is 1. The number of rotatable bonds is 2. The minimum Gasteiger partial charge on any atom is -0.399 e. The van der Waals surface area contributed by atoms with Crippen LogP contribution in [-0.2, 0) is 0 Å². The lowest BCUT2D eigenvalue weighted by Crippen LogP contribution is -2.03. The Morgan fingerprint density at radius 2 is 1.88 bits per heavy atom. The zero-order chi connectivity index (χ0) is 12.4. The van der Waals surface area contributed by atoms with Gasteiger partial charge in [0, 0.05) is 21.3 Å². The van der Waals surface area contributed by atoms with Gasteiger partial charge >= 0.3 is 0 Å². The average molecular weight is 290 g/mol. The van der Waals surface area contributed by atoms with Gasteiger partial charge in [0.15, 0.2) is 5.78 Å². The van der Waals surface area contributed by atoms with Gasteiger partial charge in [-0.2, -0.15) is 0 Å². The monoisotopic (exact) mass is 289 g/mol. The summed E-state index contributed by atoms with van der Waals surface area (Å²) in [5, 5.41) is 0. The third-order valence-electron chi connectivity index (χ3n) is 2.65. The molecule has 0 aromatic heterocycles. The van der Waals surface area contributed by atoms with Crippen molar-refractivity contribution in [3.05, 3.63) is 63.6 Å². The van der Waals surface area contributed by atoms with Crippen molar-refractivity contribution < 1.29 is 4.79 Å². The Morgan fingerprint density at radius 3 is 2.53 bits per heavy atom. The van der Waals surface area contributed by atoms with E-state index in [2.05, 4.69) is 15.9 Å². The number of nitrogen functional groups attached to an aromatic ring is 1. The Bertz CT molecular complexity index is 578. The van der Waals surface area contributed by atoms with Gasteiger partial charge in [-0.1, -0.05) is 28.1 Å². The van der Waals surface area contributed by atoms with Crippen LogP contribution in [0.1, 0.15) is 21.5 Å². The van der Waals surface area contributed by atoms with E-state index in [1.165, 1.54) is 0 Å². The average Bonchev–Trinajstić information content (AvgIpc) is 2.32. The van der Waals surface area contributed by atoms with Crippen molar-refractivity contribution in [2.45, 2.75) is 6.92 Å². The molecule has 86 valence electrons. The Labute approximate surface area is 109 Å². The SMILES string of the molecule is Cc1cc(C(=O)c2ccccc2Br)ccc1N. The van der Waals surface area contributed by atoms with Gasteiger partial charge < -0.3 is 5.73 Å². The quantitative estimate of drug-likeness (QED) is 0.678. The van der Waals surface area contributed by atoms with Crippen molar-refractivity contribution in [1.29, 1.82) is 0 Å². The highest BCUT2D eigenvalue weighted by atomic mass is 79.9. The molecule has 0 fully saturated rings. The van der Waals surface area contributed by atoms with Gasteiger partial charge in [0.2, 0.25) is 0 Å². The predicted molar refractivity (Wildman–Crippen MR) is 73.2 cm³/mol. The third kappa shape index (κ3) is 2.39. The van der Waals surface area contributed by atoms with Crippen LogP contribution in [0.2, 0.25) is 0 Å². The summed E-state index contributed by atoms with van der Waals surface area (Å²) in [5.41, 5.74) is 8.68. The first-order valence-corrected chi connectivity index (χ1v) is 6.04. The van der Waals surface area contributed by atoms with Crippen LogP contribution in [0.3, 0.4) is 0 Å². The van der Waals surface area contributed by atoms with Gasteiger partial charge in [-0.15, -0.1) is 0 Å². The van der Waals surface area contributed by atoms with Gasteiger partial charge in [-0.05, 0) is 42.8 Å². The number of benzene rings is 2. The maximum absolute atomic E-state index is 12.3. The summed E-state index contributed by atoms with van der Waals surface area (Å²) in [7, 11) is 0. The molecule has 2 N–H and O–H groups in total. The molecule has 0 amide bonds. The van der Waals surface area contributed by atoms with Gasteiger partial charge in [0.25, 0.3) is 0 Å². The molecule has 0 aliphatic carbocycles. The summed E-state index contributed by atoms with van der Waals surface area (Å²) in [6.07, 6.45) is 0. The minimum absolute atomic E-state index is 0.000532. The normalized spacial score (nSPS) is 10.2. The van der Waals surface area contributed by atoms with Crippen LogP contribution in [-0.4, -0.2) is 5.78 Å². The summed E-state index contributed by atoms with van der Waals surface area (Å²) in [4.78, 5) is 12.3. The van der Waals surface area contributed by atoms with Gasteiger partial charge in [-0.3, -0.25) is 4.79 Å². The van der Waals surface area contributed by atoms with Crippen LogP contribution < -0.4 is 5.73 Å². The molecular formula is C14H12BrNO. The maximum atomic E-state index is 12.3. The first-order chi connectivity index (χ1) is 8.09. The van der Waals surface area contributed by atoms with Crippen molar-refractivity contribution in [3.8, 4) is 0 Å². The van der Waals surface area contributed by atoms with Crippen LogP contribution >= 0.6 is 15.9 Å². The number of hydrogen-bond donors (Lipinski definition) is 1. The fourth-order valence-electron chi connectivity index (χ4n) is 1.62. The lowest BCUT2D eigenvalue weighted by Gasteiger charge is -2.06. The Hall–Kier alpha value is -1.61. The Balaban J connectivity index is 2.44. The number of hydrogen-bond acceptors (Lipinski definition) is 2. The van der Waals surface area contributed by atoms with Crippen molar-refractivity contribution in [3.63, 3.8) is 0 Å². The molecule has 0 aliphatic heterocycles. The second-order valence-electron chi connectivity index (χ2n) is 3.88. The molecule has 0 atom stereocenters. The smallest absolute Gasteiger partial charge is 0.194 e. The van der Waals surface area contributed by atoms with Gasteiger partial charge in [0.05, 0.1) is 0 Å². The molecule has 0 bridgehead atoms. The highest BCUT2D eigenvalue weighted by Crippen LogP contribution is 2.21. The van der Waals surface area contributed by atoms with Crippen LogP contribution in [0.15, 0.2) is 46.9 Å². The lowest BCUT2D eigenvalue weighted by atomic mass is 10.0. The van der Waals surface area contributed by atoms with E-state index in [0.717, 1.165) is 10.0 Å². The highest BCUT2D eigenvalue weighted by Gasteiger charge is 2.12. The minimum atomic E-state index is 0.000532. The number of nitrogens with two attached hydrogens (primary N) is 1. The zero-order valence-corrected chi connectivity index (χ0v) is 11.0. The van der Waals surface area contributed by atoms with E-state index >= 15 is 0 Å². The van der Waals surface area contributed by atoms with E-state index in [-0.39, 0.29) is 5.78 Å². The van der Waals surface area contributed by atoms with Crippen LogP contribution in [0, 0.1) is 6.92 Å². The van der Waals surface area contributed by atoms with E-state index < -0.39 is 0 Å². The fraction of sp³-hybridized carbons (Fsp3) is 0.0714. The van der Waals surface area contributed by atoms with Crippen LogP contribution in [0.25, 0.3) is 0 Å². The van der Waals surface area contributed by atoms with E-state index in [1.807, 2.05) is 31.2 Å². The Kier molecular flexibility index (Phi) is 3.29. The van der Waals surface area contributed by atoms with Crippen molar-refractivity contribution >= 4 is 27.4 Å². The molecule has 0 aliphatic rings. The topological polar surface area (TPSA) is 43.1 Å². The zero-order valence-electron chi connectivity index (χ0n) is 9.41. The summed E-state index contributed by atoms with van der Waals surface area (Å²) in [6, 6.07) is 12.7. The van der Waals surface area contributed by atoms with Crippen LogP contribution in [0.4, 0.5) is 5.69 Å². The van der Waals surface area contributed by atoms with E-state index in [0.29, 0.717) is 16.8 Å². The number of ketones is 1. The molecule has 2 aromatic rings. The first-order valence-electron chi connectivity index (χ1n) is 5.25. The first kappa shape index (κ1) is 11.9. The maximum Gasteiger partial charge on any atom is 0.194 e. The number of carbonyl (C=O) groups is 1. The van der Waals surface area contributed by atoms with E-state index in [4.69, 9.17) is 5.73 Å². The summed E-state index contributed by atoms with van der Waals surface area (Å²) in [5.74, 6) is 0.000532. The molecule has 17 heavy (non-hydrogen) atoms. The van der Waals surface area contributed by atoms with Crippen LogP contribution in [0.5, 0.6) is 0 Å². The molecule has 2 nitrogen and oxygen atoms in total. The molecule has 0 saturated heterocycles. The van der Waals surface area contributed by atoms with Gasteiger partial charge in [-0.25, -0.2) is 0 Å². The highest BCUT2D eigenvalue weighted by molar-refractivity contribution is 9.10. The number of halogens is 1. The molecule has 0 radical (unpaired) electrons. The van der Waals surface area contributed by atoms with E-state index in [9.17, 15) is 4.79 Å². The van der Waals surface area contributed by atoms with Gasteiger partial charge in [0.1, 0.15) is 0 Å². The summed E-state index contributed by atoms with van der Waals surface area (Å²) in [6.45, 7) is 1.89. The molecule has 0 heterocycles. The fourth-order valence-corrected chi connectivity index (χ4v) is 2.08. The number of anilines is 1. The second kappa shape index (κ2) is 4.72. The molecular weight excluding hydrogens is 278 g/mol. The standard InChI is InChI=1S/C14H12BrNO/c1-9-8-10(6-7-13(9)16)14(17)11-4-2-3-5-12(11)15/h2-8H,16H2,1H3. The van der Waals surface area contributed by atoms with Crippen molar-refractivity contribution in [1.82, 2.24) is 0 Å². The molecule has 2 rings (SSSR count). The largest absolute Gasteiger partial charge is 0.399 e. The van der Waals surface area contributed by atoms with Crippen molar-refractivity contribution in [2.75, 3.05) is 5.73 Å². The number of aryl methyl sites for hydroxylation is 1. The molecule has 0 saturated carbocycles. The molecule has 0 spiro atoms. The third-order valence-corrected chi connectivity index (χ3v) is 3.34. The molecule has 3 heteroatoms. The summed E-state index contributed by atoms with van der Waals surface area (Å²) >= 11 is 3.38. The summed E-state index contributed by atoms with van der Waals surface area (Å²) < 4.78 is 0.805. The second-order valence-corrected chi connectivity index (χ2v) is 4.73. The lowest BCUT2D eigenvalue weighted by molar-refractivity contribution is 0.103.